The summed E-state index contributed by atoms with van der Waals surface area (Å²) in [6, 6.07) is 5.74. The van der Waals surface area contributed by atoms with Gasteiger partial charge in [-0.05, 0) is 51.8 Å². The highest BCUT2D eigenvalue weighted by molar-refractivity contribution is 9.10. The Balaban J connectivity index is 1.77. The first-order chi connectivity index (χ1) is 14.7. The molecule has 1 saturated carbocycles. The Bertz CT molecular complexity index is 1070. The Morgan fingerprint density at radius 2 is 1.78 bits per heavy atom. The summed E-state index contributed by atoms with van der Waals surface area (Å²) in [5.74, 6) is -5.98. The van der Waals surface area contributed by atoms with Crippen LogP contribution < -0.4 is 10.6 Å². The van der Waals surface area contributed by atoms with Gasteiger partial charge in [0.1, 0.15) is 10.9 Å². The molecule has 0 aliphatic heterocycles. The molecular formula is C19H11BrCl3F5N2O2. The normalized spacial score (nSPS) is 19.4. The zero-order valence-electron chi connectivity index (χ0n) is 15.5. The highest BCUT2D eigenvalue weighted by Gasteiger charge is 2.67. The number of carbonyl (C=O) groups is 2. The van der Waals surface area contributed by atoms with Crippen LogP contribution in [0.15, 0.2) is 34.8 Å². The van der Waals surface area contributed by atoms with E-state index in [0.29, 0.717) is 0 Å². The average Bonchev–Trinajstić information content (AvgIpc) is 3.27. The minimum atomic E-state index is -4.62. The van der Waals surface area contributed by atoms with E-state index in [1.54, 1.807) is 5.32 Å². The lowest BCUT2D eigenvalue weighted by Crippen LogP contribution is -2.33. The van der Waals surface area contributed by atoms with Crippen LogP contribution in [0.25, 0.3) is 0 Å². The van der Waals surface area contributed by atoms with Gasteiger partial charge in [-0.25, -0.2) is 8.78 Å². The molecular weight excluding hydrogens is 569 g/mol. The predicted molar refractivity (Wildman–Crippen MR) is 113 cm³/mol. The van der Waals surface area contributed by atoms with Crippen LogP contribution in [-0.4, -0.2) is 28.9 Å². The molecule has 2 aromatic carbocycles. The van der Waals surface area contributed by atoms with E-state index >= 15 is 0 Å². The van der Waals surface area contributed by atoms with Crippen LogP contribution in [0.5, 0.6) is 0 Å². The Hall–Kier alpha value is -1.62. The number of rotatable bonds is 5. The molecule has 1 aliphatic carbocycles. The van der Waals surface area contributed by atoms with Crippen molar-refractivity contribution in [3.63, 3.8) is 0 Å². The second kappa shape index (κ2) is 8.96. The van der Waals surface area contributed by atoms with Gasteiger partial charge in [-0.1, -0.05) is 11.6 Å². The molecule has 4 nitrogen and oxygen atoms in total. The van der Waals surface area contributed by atoms with E-state index < -0.39 is 52.3 Å². The number of anilines is 1. The van der Waals surface area contributed by atoms with E-state index in [4.69, 9.17) is 34.8 Å². The largest absolute Gasteiger partial charge is 0.405 e. The summed E-state index contributed by atoms with van der Waals surface area (Å²) in [4.78, 5) is 24.7. The maximum Gasteiger partial charge on any atom is 0.405 e. The minimum Gasteiger partial charge on any atom is -0.343 e. The van der Waals surface area contributed by atoms with Gasteiger partial charge in [0.25, 0.3) is 5.91 Å². The molecule has 2 aromatic rings. The van der Waals surface area contributed by atoms with Gasteiger partial charge in [0.15, 0.2) is 11.6 Å². The van der Waals surface area contributed by atoms with Crippen molar-refractivity contribution in [3.8, 4) is 0 Å². The third-order valence-electron chi connectivity index (χ3n) is 4.63. The van der Waals surface area contributed by atoms with Crippen molar-refractivity contribution in [1.29, 1.82) is 0 Å². The van der Waals surface area contributed by atoms with Crippen molar-refractivity contribution < 1.29 is 31.5 Å². The summed E-state index contributed by atoms with van der Waals surface area (Å²) in [5.41, 5.74) is -0.0735. The number of halogens is 9. The smallest absolute Gasteiger partial charge is 0.343 e. The van der Waals surface area contributed by atoms with Crippen molar-refractivity contribution in [2.75, 3.05) is 11.9 Å². The monoisotopic (exact) mass is 578 g/mol. The Morgan fingerprint density at radius 1 is 1.12 bits per heavy atom. The van der Waals surface area contributed by atoms with E-state index in [1.165, 1.54) is 18.2 Å². The first-order valence-electron chi connectivity index (χ1n) is 8.70. The molecule has 0 bridgehead atoms. The molecule has 32 heavy (non-hydrogen) atoms. The van der Waals surface area contributed by atoms with E-state index in [-0.39, 0.29) is 26.3 Å². The van der Waals surface area contributed by atoms with Crippen LogP contribution in [0.1, 0.15) is 21.8 Å². The van der Waals surface area contributed by atoms with Gasteiger partial charge in [-0.2, -0.15) is 13.2 Å². The third kappa shape index (κ3) is 5.30. The average molecular weight is 581 g/mol. The van der Waals surface area contributed by atoms with Crippen LogP contribution in [0.2, 0.25) is 5.02 Å². The topological polar surface area (TPSA) is 58.2 Å². The maximum atomic E-state index is 13.7. The summed E-state index contributed by atoms with van der Waals surface area (Å²) in [7, 11) is 0. The van der Waals surface area contributed by atoms with Crippen LogP contribution in [0.4, 0.5) is 27.6 Å². The van der Waals surface area contributed by atoms with Crippen LogP contribution in [0.3, 0.4) is 0 Å². The summed E-state index contributed by atoms with van der Waals surface area (Å²) < 4.78 is 62.4. The van der Waals surface area contributed by atoms with Crippen molar-refractivity contribution in [3.05, 3.63) is 62.6 Å². The molecule has 0 aromatic heterocycles. The number of hydrogen-bond donors (Lipinski definition) is 2. The fraction of sp³-hybridized carbons (Fsp3) is 0.263. The maximum absolute atomic E-state index is 13.7. The second-order valence-electron chi connectivity index (χ2n) is 6.91. The van der Waals surface area contributed by atoms with Crippen molar-refractivity contribution in [2.24, 2.45) is 5.92 Å². The van der Waals surface area contributed by atoms with E-state index in [0.717, 1.165) is 12.1 Å². The van der Waals surface area contributed by atoms with Gasteiger partial charge < -0.3 is 10.6 Å². The zero-order chi connectivity index (χ0) is 24.0. The van der Waals surface area contributed by atoms with Gasteiger partial charge in [0.05, 0.1) is 21.0 Å². The van der Waals surface area contributed by atoms with Gasteiger partial charge in [-0.3, -0.25) is 9.59 Å². The molecule has 0 heterocycles. The summed E-state index contributed by atoms with van der Waals surface area (Å²) in [6.07, 6.45) is -4.62. The van der Waals surface area contributed by atoms with Crippen LogP contribution >= 0.6 is 50.7 Å². The van der Waals surface area contributed by atoms with E-state index in [2.05, 4.69) is 21.2 Å². The molecule has 0 radical (unpaired) electrons. The summed E-state index contributed by atoms with van der Waals surface area (Å²) >= 11 is 21.1. The van der Waals surface area contributed by atoms with Gasteiger partial charge in [0, 0.05) is 11.6 Å². The molecule has 2 N–H and O–H groups in total. The van der Waals surface area contributed by atoms with Gasteiger partial charge in [-0.15, -0.1) is 23.2 Å². The lowest BCUT2D eigenvalue weighted by molar-refractivity contribution is -0.123. The standard InChI is InChI=1S/C19H11BrCl3F5N2O2/c20-10-3-7(4-12(24)15(10)25)13-14(19(13,22)23)17(32)30-8-1-2-11(21)9(5-8)16(31)29-6-18(26,27)28/h1-5,13-14H,6H2,(H,29,31)(H,30,32)/t13-,14+/m0/s1. The van der Waals surface area contributed by atoms with E-state index in [9.17, 15) is 31.5 Å². The van der Waals surface area contributed by atoms with Crippen LogP contribution in [-0.2, 0) is 4.79 Å². The Kier molecular flexibility index (Phi) is 7.01. The van der Waals surface area contributed by atoms with Gasteiger partial charge >= 0.3 is 6.18 Å². The molecule has 3 rings (SSSR count). The van der Waals surface area contributed by atoms with Gasteiger partial charge in [0.2, 0.25) is 5.91 Å². The highest BCUT2D eigenvalue weighted by Crippen LogP contribution is 2.65. The molecule has 172 valence electrons. The fourth-order valence-electron chi connectivity index (χ4n) is 3.10. The summed E-state index contributed by atoms with van der Waals surface area (Å²) in [6.45, 7) is -1.56. The number of hydrogen-bond acceptors (Lipinski definition) is 2. The molecule has 1 fully saturated rings. The number of alkyl halides is 5. The van der Waals surface area contributed by atoms with E-state index in [1.807, 2.05) is 0 Å². The first-order valence-corrected chi connectivity index (χ1v) is 10.6. The molecule has 0 unspecified atom stereocenters. The Morgan fingerprint density at radius 3 is 2.38 bits per heavy atom. The van der Waals surface area contributed by atoms with Crippen LogP contribution in [0, 0.1) is 17.6 Å². The molecule has 0 spiro atoms. The third-order valence-corrected chi connectivity index (χ3v) is 6.48. The SMILES string of the molecule is O=C(NCC(F)(F)F)c1cc(NC(=O)[C@H]2[C@H](c3cc(F)c(F)c(Br)c3)C2(Cl)Cl)ccc1Cl. The number of benzene rings is 2. The first kappa shape index (κ1) is 25.0. The molecule has 0 saturated heterocycles. The molecule has 1 aliphatic rings. The minimum absolute atomic E-state index is 0.0396. The zero-order valence-corrected chi connectivity index (χ0v) is 19.3. The highest BCUT2D eigenvalue weighted by atomic mass is 79.9. The lowest BCUT2D eigenvalue weighted by Gasteiger charge is -2.11. The second-order valence-corrected chi connectivity index (χ2v) is 9.62. The van der Waals surface area contributed by atoms with Crippen molar-refractivity contribution >= 4 is 68.2 Å². The Labute approximate surface area is 201 Å². The molecule has 13 heteroatoms. The summed E-state index contributed by atoms with van der Waals surface area (Å²) in [5, 5.41) is 3.99. The number of amides is 2. The predicted octanol–water partition coefficient (Wildman–Crippen LogP) is 6.20. The van der Waals surface area contributed by atoms with Crippen molar-refractivity contribution in [1.82, 2.24) is 5.32 Å². The lowest BCUT2D eigenvalue weighted by atomic mass is 10.1. The molecule has 2 atom stereocenters. The number of carbonyl (C=O) groups excluding carboxylic acids is 2. The fourth-order valence-corrected chi connectivity index (χ4v) is 4.58. The quantitative estimate of drug-likeness (QED) is 0.252. The number of nitrogens with one attached hydrogen (secondary N) is 2. The van der Waals surface area contributed by atoms with Crippen molar-refractivity contribution in [2.45, 2.75) is 16.4 Å². The molecule has 2 amide bonds.